The summed E-state index contributed by atoms with van der Waals surface area (Å²) in [6.45, 7) is 10.1. The minimum absolute atomic E-state index is 0.121. The van der Waals surface area contributed by atoms with Crippen LogP contribution in [0.25, 0.3) is 0 Å². The van der Waals surface area contributed by atoms with Crippen molar-refractivity contribution in [2.75, 3.05) is 11.3 Å². The van der Waals surface area contributed by atoms with E-state index in [2.05, 4.69) is 10.0 Å². The first kappa shape index (κ1) is 21.8. The molecule has 2 N–H and O–H groups in total. The van der Waals surface area contributed by atoms with Gasteiger partial charge in [0.1, 0.15) is 5.75 Å². The molecule has 6 nitrogen and oxygen atoms in total. The van der Waals surface area contributed by atoms with Crippen LogP contribution in [0, 0.1) is 19.8 Å². The Morgan fingerprint density at radius 3 is 2.11 bits per heavy atom. The number of anilines is 1. The number of rotatable bonds is 8. The highest BCUT2D eigenvalue weighted by molar-refractivity contribution is 7.92. The van der Waals surface area contributed by atoms with E-state index >= 15 is 0 Å². The van der Waals surface area contributed by atoms with Crippen molar-refractivity contribution in [3.8, 4) is 5.75 Å². The highest BCUT2D eigenvalue weighted by Crippen LogP contribution is 2.21. The maximum Gasteiger partial charge on any atom is 0.261 e. The minimum Gasteiger partial charge on any atom is -0.481 e. The van der Waals surface area contributed by atoms with E-state index in [-0.39, 0.29) is 10.8 Å². The number of ether oxygens (including phenoxy) is 1. The van der Waals surface area contributed by atoms with Crippen LogP contribution >= 0.6 is 0 Å². The van der Waals surface area contributed by atoms with Crippen molar-refractivity contribution in [2.45, 2.75) is 45.6 Å². The van der Waals surface area contributed by atoms with Gasteiger partial charge in [0.15, 0.2) is 6.10 Å². The number of carbonyl (C=O) groups excluding carboxylic acids is 1. The molecular formula is C21H28N2O4S. The number of nitrogens with one attached hydrogen (secondary N) is 2. The zero-order valence-electron chi connectivity index (χ0n) is 16.9. The van der Waals surface area contributed by atoms with Crippen molar-refractivity contribution in [1.82, 2.24) is 5.32 Å². The van der Waals surface area contributed by atoms with E-state index in [0.717, 1.165) is 11.1 Å². The molecule has 2 aromatic rings. The van der Waals surface area contributed by atoms with Gasteiger partial charge in [-0.05, 0) is 74.2 Å². The first-order chi connectivity index (χ1) is 13.1. The Hall–Kier alpha value is -2.54. The number of carbonyl (C=O) groups is 1. The van der Waals surface area contributed by atoms with Crippen LogP contribution in [-0.2, 0) is 14.8 Å². The average Bonchev–Trinajstić information content (AvgIpc) is 2.58. The standard InChI is InChI=1S/C21H28N2O4S/c1-14(2)13-22-21(24)17(5)27-19-6-8-20(9-7-19)28(25,26)23-18-11-15(3)10-16(4)12-18/h6-12,14,17,23H,13H2,1-5H3,(H,22,24)/t17-/m0/s1. The zero-order valence-corrected chi connectivity index (χ0v) is 17.8. The smallest absolute Gasteiger partial charge is 0.261 e. The predicted molar refractivity (Wildman–Crippen MR) is 111 cm³/mol. The van der Waals surface area contributed by atoms with Gasteiger partial charge in [0.25, 0.3) is 15.9 Å². The van der Waals surface area contributed by atoms with E-state index in [1.807, 2.05) is 33.8 Å². The van der Waals surface area contributed by atoms with Crippen LogP contribution in [-0.4, -0.2) is 27.0 Å². The van der Waals surface area contributed by atoms with E-state index in [1.165, 1.54) is 12.1 Å². The van der Waals surface area contributed by atoms with Gasteiger partial charge in [-0.15, -0.1) is 0 Å². The summed E-state index contributed by atoms with van der Waals surface area (Å²) in [5.41, 5.74) is 2.48. The van der Waals surface area contributed by atoms with Gasteiger partial charge in [0, 0.05) is 12.2 Å². The lowest BCUT2D eigenvalue weighted by Gasteiger charge is -2.16. The van der Waals surface area contributed by atoms with Crippen LogP contribution in [0.1, 0.15) is 31.9 Å². The molecule has 0 aromatic heterocycles. The van der Waals surface area contributed by atoms with Crippen molar-refractivity contribution in [3.63, 3.8) is 0 Å². The number of hydrogen-bond acceptors (Lipinski definition) is 4. The highest BCUT2D eigenvalue weighted by atomic mass is 32.2. The number of sulfonamides is 1. The molecule has 0 bridgehead atoms. The molecule has 2 aromatic carbocycles. The summed E-state index contributed by atoms with van der Waals surface area (Å²) in [5, 5.41) is 2.80. The lowest BCUT2D eigenvalue weighted by atomic mass is 10.1. The van der Waals surface area contributed by atoms with Crippen molar-refractivity contribution >= 4 is 21.6 Å². The number of hydrogen-bond donors (Lipinski definition) is 2. The zero-order chi connectivity index (χ0) is 20.9. The Morgan fingerprint density at radius 2 is 1.57 bits per heavy atom. The third-order valence-electron chi connectivity index (χ3n) is 3.97. The Kier molecular flexibility index (Phi) is 7.07. The highest BCUT2D eigenvalue weighted by Gasteiger charge is 2.17. The molecule has 0 fully saturated rings. The normalized spacial score (nSPS) is 12.5. The second-order valence-electron chi connectivity index (χ2n) is 7.35. The van der Waals surface area contributed by atoms with Gasteiger partial charge < -0.3 is 10.1 Å². The summed E-state index contributed by atoms with van der Waals surface area (Å²) in [5.74, 6) is 0.574. The molecule has 0 spiro atoms. The summed E-state index contributed by atoms with van der Waals surface area (Å²) >= 11 is 0. The van der Waals surface area contributed by atoms with Gasteiger partial charge >= 0.3 is 0 Å². The number of benzene rings is 2. The van der Waals surface area contributed by atoms with Crippen LogP contribution in [0.4, 0.5) is 5.69 Å². The third kappa shape index (κ3) is 6.27. The maximum atomic E-state index is 12.6. The van der Waals surface area contributed by atoms with Crippen molar-refractivity contribution in [2.24, 2.45) is 5.92 Å². The molecule has 0 aliphatic rings. The maximum absolute atomic E-state index is 12.6. The number of aryl methyl sites for hydroxylation is 2. The molecule has 0 aliphatic heterocycles. The molecular weight excluding hydrogens is 376 g/mol. The van der Waals surface area contributed by atoms with Gasteiger partial charge in [-0.1, -0.05) is 19.9 Å². The van der Waals surface area contributed by atoms with Gasteiger partial charge in [-0.3, -0.25) is 9.52 Å². The van der Waals surface area contributed by atoms with Crippen LogP contribution in [0.2, 0.25) is 0 Å². The third-order valence-corrected chi connectivity index (χ3v) is 5.37. The van der Waals surface area contributed by atoms with Crippen LogP contribution in [0.3, 0.4) is 0 Å². The Labute approximate surface area is 167 Å². The molecule has 1 amide bonds. The van der Waals surface area contributed by atoms with Crippen LogP contribution < -0.4 is 14.8 Å². The molecule has 1 atom stereocenters. The summed E-state index contributed by atoms with van der Waals surface area (Å²) in [4.78, 5) is 12.1. The fourth-order valence-electron chi connectivity index (χ4n) is 2.65. The monoisotopic (exact) mass is 404 g/mol. The van der Waals surface area contributed by atoms with Crippen molar-refractivity contribution in [3.05, 3.63) is 53.6 Å². The quantitative estimate of drug-likeness (QED) is 0.703. The van der Waals surface area contributed by atoms with E-state index in [9.17, 15) is 13.2 Å². The fourth-order valence-corrected chi connectivity index (χ4v) is 3.69. The Balaban J connectivity index is 2.05. The molecule has 0 heterocycles. The van der Waals surface area contributed by atoms with Crippen LogP contribution in [0.15, 0.2) is 47.4 Å². The van der Waals surface area contributed by atoms with Gasteiger partial charge in [-0.25, -0.2) is 8.42 Å². The van der Waals surface area contributed by atoms with Crippen molar-refractivity contribution in [1.29, 1.82) is 0 Å². The van der Waals surface area contributed by atoms with Gasteiger partial charge in [0.2, 0.25) is 0 Å². The topological polar surface area (TPSA) is 84.5 Å². The largest absolute Gasteiger partial charge is 0.481 e. The fraction of sp³-hybridized carbons (Fsp3) is 0.381. The van der Waals surface area contributed by atoms with E-state index in [0.29, 0.717) is 23.9 Å². The predicted octanol–water partition coefficient (Wildman–Crippen LogP) is 3.64. The lowest BCUT2D eigenvalue weighted by Crippen LogP contribution is -2.38. The second kappa shape index (κ2) is 9.10. The summed E-state index contributed by atoms with van der Waals surface area (Å²) in [7, 11) is -3.71. The summed E-state index contributed by atoms with van der Waals surface area (Å²) < 4.78 is 33.4. The molecule has 2 rings (SSSR count). The SMILES string of the molecule is Cc1cc(C)cc(NS(=O)(=O)c2ccc(O[C@@H](C)C(=O)NCC(C)C)cc2)c1. The minimum atomic E-state index is -3.71. The molecule has 0 radical (unpaired) electrons. The molecule has 0 unspecified atom stereocenters. The van der Waals surface area contributed by atoms with E-state index in [1.54, 1.807) is 31.2 Å². The van der Waals surface area contributed by atoms with E-state index < -0.39 is 16.1 Å². The average molecular weight is 405 g/mol. The van der Waals surface area contributed by atoms with Gasteiger partial charge in [-0.2, -0.15) is 0 Å². The lowest BCUT2D eigenvalue weighted by molar-refractivity contribution is -0.127. The molecule has 0 saturated heterocycles. The van der Waals surface area contributed by atoms with Crippen molar-refractivity contribution < 1.29 is 17.9 Å². The Morgan fingerprint density at radius 1 is 1.00 bits per heavy atom. The first-order valence-electron chi connectivity index (χ1n) is 9.22. The molecule has 0 saturated carbocycles. The number of amides is 1. The molecule has 7 heteroatoms. The molecule has 0 aliphatic carbocycles. The van der Waals surface area contributed by atoms with Gasteiger partial charge in [0.05, 0.1) is 4.90 Å². The van der Waals surface area contributed by atoms with E-state index in [4.69, 9.17) is 4.74 Å². The summed E-state index contributed by atoms with van der Waals surface area (Å²) in [6.07, 6.45) is -0.672. The Bertz CT molecular complexity index is 902. The molecule has 28 heavy (non-hydrogen) atoms. The first-order valence-corrected chi connectivity index (χ1v) is 10.7. The second-order valence-corrected chi connectivity index (χ2v) is 9.03. The summed E-state index contributed by atoms with van der Waals surface area (Å²) in [6, 6.07) is 11.5. The molecule has 152 valence electrons. The van der Waals surface area contributed by atoms with Crippen LogP contribution in [0.5, 0.6) is 5.75 Å².